The number of rotatable bonds is 4. The minimum absolute atomic E-state index is 0.0522. The van der Waals surface area contributed by atoms with Crippen molar-refractivity contribution in [2.24, 2.45) is 0 Å². The molecule has 152 valence electrons. The predicted octanol–water partition coefficient (Wildman–Crippen LogP) is 5.56. The lowest BCUT2D eigenvalue weighted by Crippen LogP contribution is -2.15. The van der Waals surface area contributed by atoms with Gasteiger partial charge in [0, 0.05) is 34.5 Å². The van der Waals surface area contributed by atoms with E-state index in [9.17, 15) is 9.90 Å². The van der Waals surface area contributed by atoms with Crippen molar-refractivity contribution in [1.82, 2.24) is 9.97 Å². The highest BCUT2D eigenvalue weighted by Crippen LogP contribution is 2.32. The number of carbonyl (C=O) groups is 1. The number of carbonyl (C=O) groups excluding carboxylic acids is 1. The minimum atomic E-state index is -0.252. The quantitative estimate of drug-likeness (QED) is 0.361. The third-order valence-corrected chi connectivity index (χ3v) is 5.03. The largest absolute Gasteiger partial charge is 0.494 e. The van der Waals surface area contributed by atoms with Crippen LogP contribution in [0.1, 0.15) is 36.7 Å². The molecule has 6 heteroatoms. The topological polar surface area (TPSA) is 90.0 Å². The maximum absolute atomic E-state index is 12.9. The molecule has 0 aliphatic rings. The summed E-state index contributed by atoms with van der Waals surface area (Å²) in [4.78, 5) is 20.1. The van der Waals surface area contributed by atoms with Gasteiger partial charge in [0.05, 0.1) is 5.56 Å². The molecule has 0 unspecified atom stereocenters. The van der Waals surface area contributed by atoms with E-state index in [0.29, 0.717) is 16.8 Å². The van der Waals surface area contributed by atoms with E-state index in [-0.39, 0.29) is 17.2 Å². The molecule has 2 heterocycles. The first kappa shape index (κ1) is 19.5. The Balaban J connectivity index is 1.59. The molecule has 0 radical (unpaired) electrons. The number of anilines is 3. The van der Waals surface area contributed by atoms with Crippen LogP contribution < -0.4 is 10.6 Å². The summed E-state index contributed by atoms with van der Waals surface area (Å²) < 4.78 is 0. The maximum Gasteiger partial charge on any atom is 0.259 e. The Kier molecular flexibility index (Phi) is 4.91. The molecular formula is C24H24N4O2. The molecule has 0 bridgehead atoms. The molecule has 0 aliphatic carbocycles. The van der Waals surface area contributed by atoms with E-state index in [4.69, 9.17) is 0 Å². The molecule has 0 fully saturated rings. The number of aromatic nitrogens is 2. The molecule has 4 aromatic rings. The van der Waals surface area contributed by atoms with Gasteiger partial charge in [-0.3, -0.25) is 4.79 Å². The van der Waals surface area contributed by atoms with Crippen molar-refractivity contribution in [3.63, 3.8) is 0 Å². The van der Waals surface area contributed by atoms with Gasteiger partial charge in [0.1, 0.15) is 5.82 Å². The summed E-state index contributed by atoms with van der Waals surface area (Å²) in [6.07, 6.45) is 3.35. The van der Waals surface area contributed by atoms with E-state index < -0.39 is 0 Å². The molecule has 1 amide bonds. The van der Waals surface area contributed by atoms with Crippen LogP contribution in [0.4, 0.5) is 17.2 Å². The van der Waals surface area contributed by atoms with Crippen molar-refractivity contribution in [2.75, 3.05) is 10.6 Å². The van der Waals surface area contributed by atoms with Gasteiger partial charge in [-0.15, -0.1) is 0 Å². The molecule has 6 nitrogen and oxygen atoms in total. The van der Waals surface area contributed by atoms with Crippen LogP contribution in [-0.2, 0) is 5.41 Å². The number of pyridine rings is 1. The number of aromatic hydroxyl groups is 1. The molecule has 0 spiro atoms. The van der Waals surface area contributed by atoms with Gasteiger partial charge in [0.25, 0.3) is 5.91 Å². The van der Waals surface area contributed by atoms with Gasteiger partial charge >= 0.3 is 0 Å². The number of nitrogens with zero attached hydrogens (tertiary/aromatic N) is 1. The monoisotopic (exact) mass is 400 g/mol. The summed E-state index contributed by atoms with van der Waals surface area (Å²) in [7, 11) is 0. The van der Waals surface area contributed by atoms with Gasteiger partial charge in [-0.05, 0) is 47.4 Å². The Morgan fingerprint density at radius 3 is 2.50 bits per heavy atom. The molecule has 0 saturated carbocycles. The summed E-state index contributed by atoms with van der Waals surface area (Å²) in [6, 6.07) is 16.8. The summed E-state index contributed by atoms with van der Waals surface area (Å²) in [5, 5.41) is 17.6. The van der Waals surface area contributed by atoms with Crippen LogP contribution in [0.5, 0.6) is 5.88 Å². The third-order valence-electron chi connectivity index (χ3n) is 5.03. The molecule has 0 aliphatic heterocycles. The standard InChI is InChI=1S/C24H24N4O2/c1-24(2,3)15-9-11-16(12-10-15)27-23(30)18-7-5-13-25-21(18)28-20-8-4-6-17-19(20)14-26-22(17)29/h4-14,26,29H,1-3H3,(H,25,28)(H,27,30). The number of fused-ring (bicyclic) bond motifs is 1. The van der Waals surface area contributed by atoms with Gasteiger partial charge in [-0.2, -0.15) is 0 Å². The number of H-pyrrole nitrogens is 1. The Morgan fingerprint density at radius 2 is 1.77 bits per heavy atom. The number of aromatic amines is 1. The van der Waals surface area contributed by atoms with Crippen LogP contribution in [0.15, 0.2) is 67.0 Å². The molecule has 2 aromatic heterocycles. The highest BCUT2D eigenvalue weighted by atomic mass is 16.3. The van der Waals surface area contributed by atoms with E-state index >= 15 is 0 Å². The van der Waals surface area contributed by atoms with Gasteiger partial charge in [0.15, 0.2) is 5.88 Å². The Bertz CT molecular complexity index is 1200. The molecular weight excluding hydrogens is 376 g/mol. The number of nitrogens with one attached hydrogen (secondary N) is 3. The molecule has 4 rings (SSSR count). The summed E-state index contributed by atoms with van der Waals surface area (Å²) >= 11 is 0. The zero-order valence-electron chi connectivity index (χ0n) is 17.2. The zero-order valence-corrected chi connectivity index (χ0v) is 17.2. The second-order valence-corrected chi connectivity index (χ2v) is 8.21. The SMILES string of the molecule is CC(C)(C)c1ccc(NC(=O)c2cccnc2Nc2cccc3c(O)[nH]cc23)cc1. The van der Waals surface area contributed by atoms with Gasteiger partial charge < -0.3 is 20.7 Å². The van der Waals surface area contributed by atoms with Gasteiger partial charge in [-0.25, -0.2) is 4.98 Å². The van der Waals surface area contributed by atoms with E-state index in [1.165, 1.54) is 5.56 Å². The first-order valence-electron chi connectivity index (χ1n) is 9.76. The smallest absolute Gasteiger partial charge is 0.259 e. The molecule has 4 N–H and O–H groups in total. The van der Waals surface area contributed by atoms with Gasteiger partial charge in [-0.1, -0.05) is 39.0 Å². The first-order chi connectivity index (χ1) is 14.3. The lowest BCUT2D eigenvalue weighted by molar-refractivity contribution is 0.102. The normalized spacial score (nSPS) is 11.4. The fourth-order valence-electron chi connectivity index (χ4n) is 3.32. The highest BCUT2D eigenvalue weighted by molar-refractivity contribution is 6.08. The van der Waals surface area contributed by atoms with Crippen LogP contribution in [0.2, 0.25) is 0 Å². The fraction of sp³-hybridized carbons (Fsp3) is 0.167. The predicted molar refractivity (Wildman–Crippen MR) is 121 cm³/mol. The summed E-state index contributed by atoms with van der Waals surface area (Å²) in [5.41, 5.74) is 3.14. The molecule has 0 saturated heterocycles. The van der Waals surface area contributed by atoms with Crippen molar-refractivity contribution in [2.45, 2.75) is 26.2 Å². The first-order valence-corrected chi connectivity index (χ1v) is 9.76. The number of hydrogen-bond acceptors (Lipinski definition) is 4. The summed E-state index contributed by atoms with van der Waals surface area (Å²) in [6.45, 7) is 6.46. The summed E-state index contributed by atoms with van der Waals surface area (Å²) in [5.74, 6) is 0.291. The lowest BCUT2D eigenvalue weighted by Gasteiger charge is -2.19. The number of amides is 1. The minimum Gasteiger partial charge on any atom is -0.494 e. The molecule has 30 heavy (non-hydrogen) atoms. The Morgan fingerprint density at radius 1 is 1.00 bits per heavy atom. The van der Waals surface area contributed by atoms with E-state index in [1.807, 2.05) is 42.5 Å². The fourth-order valence-corrected chi connectivity index (χ4v) is 3.32. The van der Waals surface area contributed by atoms with Crippen LogP contribution in [0.25, 0.3) is 10.8 Å². The molecule has 2 aromatic carbocycles. The van der Waals surface area contributed by atoms with Crippen molar-refractivity contribution in [1.29, 1.82) is 0 Å². The van der Waals surface area contributed by atoms with E-state index in [0.717, 1.165) is 16.8 Å². The van der Waals surface area contributed by atoms with Crippen LogP contribution >= 0.6 is 0 Å². The van der Waals surface area contributed by atoms with E-state index in [2.05, 4.69) is 41.4 Å². The Labute approximate surface area is 175 Å². The third kappa shape index (κ3) is 3.85. The second-order valence-electron chi connectivity index (χ2n) is 8.21. The van der Waals surface area contributed by atoms with Crippen molar-refractivity contribution in [3.8, 4) is 5.88 Å². The second kappa shape index (κ2) is 7.55. The van der Waals surface area contributed by atoms with E-state index in [1.54, 1.807) is 24.5 Å². The lowest BCUT2D eigenvalue weighted by atomic mass is 9.87. The van der Waals surface area contributed by atoms with Crippen LogP contribution in [0, 0.1) is 0 Å². The highest BCUT2D eigenvalue weighted by Gasteiger charge is 2.16. The average molecular weight is 400 g/mol. The number of benzene rings is 2. The number of hydrogen-bond donors (Lipinski definition) is 4. The van der Waals surface area contributed by atoms with Crippen LogP contribution in [-0.4, -0.2) is 21.0 Å². The van der Waals surface area contributed by atoms with Crippen molar-refractivity contribution in [3.05, 3.63) is 78.1 Å². The van der Waals surface area contributed by atoms with Crippen LogP contribution in [0.3, 0.4) is 0 Å². The van der Waals surface area contributed by atoms with Gasteiger partial charge in [0.2, 0.25) is 0 Å². The van der Waals surface area contributed by atoms with Crippen molar-refractivity contribution >= 4 is 33.9 Å². The van der Waals surface area contributed by atoms with Crippen molar-refractivity contribution < 1.29 is 9.90 Å². The average Bonchev–Trinajstić information content (AvgIpc) is 3.10. The Hall–Kier alpha value is -3.80. The maximum atomic E-state index is 12.9. The molecule has 0 atom stereocenters. The zero-order chi connectivity index (χ0) is 21.3.